The number of hydrogen-bond acceptors (Lipinski definition) is 2. The molecule has 1 aliphatic rings. The van der Waals surface area contributed by atoms with E-state index in [1.54, 1.807) is 6.92 Å². The Bertz CT molecular complexity index is 225. The summed E-state index contributed by atoms with van der Waals surface area (Å²) in [5.74, 6) is 0.712. The summed E-state index contributed by atoms with van der Waals surface area (Å²) in [7, 11) is 0. The van der Waals surface area contributed by atoms with Crippen LogP contribution in [0.25, 0.3) is 0 Å². The Labute approximate surface area is 92.7 Å². The molecule has 1 saturated heterocycles. The van der Waals surface area contributed by atoms with Gasteiger partial charge in [0.2, 0.25) is 0 Å². The Kier molecular flexibility index (Phi) is 5.62. The fourth-order valence-electron chi connectivity index (χ4n) is 1.91. The van der Waals surface area contributed by atoms with Crippen molar-refractivity contribution in [1.29, 1.82) is 0 Å². The molecule has 0 aromatic heterocycles. The van der Waals surface area contributed by atoms with Crippen LogP contribution >= 0.6 is 0 Å². The van der Waals surface area contributed by atoms with Crippen molar-refractivity contribution in [3.8, 4) is 0 Å². The lowest BCUT2D eigenvalue weighted by atomic mass is 9.98. The first-order chi connectivity index (χ1) is 7.24. The topological polar surface area (TPSA) is 26.3 Å². The summed E-state index contributed by atoms with van der Waals surface area (Å²) in [6.45, 7) is 5.50. The van der Waals surface area contributed by atoms with Crippen LogP contribution in [-0.4, -0.2) is 19.0 Å². The second-order valence-corrected chi connectivity index (χ2v) is 4.33. The number of allylic oxidation sites excluding steroid dienone is 1. The molecule has 1 aliphatic heterocycles. The quantitative estimate of drug-likeness (QED) is 0.497. The van der Waals surface area contributed by atoms with E-state index in [0.29, 0.717) is 5.92 Å². The van der Waals surface area contributed by atoms with Crippen LogP contribution in [0.4, 0.5) is 0 Å². The van der Waals surface area contributed by atoms with Gasteiger partial charge in [-0.3, -0.25) is 4.79 Å². The Hall–Kier alpha value is -0.630. The predicted octanol–water partition coefficient (Wildman–Crippen LogP) is 3.12. The number of carbonyl (C=O) groups excluding carboxylic acids is 1. The van der Waals surface area contributed by atoms with E-state index in [-0.39, 0.29) is 5.78 Å². The van der Waals surface area contributed by atoms with Gasteiger partial charge in [0.05, 0.1) is 6.61 Å². The molecule has 0 aliphatic carbocycles. The molecule has 0 saturated carbocycles. The molecule has 0 aromatic rings. The summed E-state index contributed by atoms with van der Waals surface area (Å²) in [5.41, 5.74) is 1.01. The fraction of sp³-hybridized carbons (Fsp3) is 0.769. The van der Waals surface area contributed by atoms with Crippen LogP contribution in [0.15, 0.2) is 11.6 Å². The third-order valence-corrected chi connectivity index (χ3v) is 2.90. The Morgan fingerprint density at radius 2 is 2.27 bits per heavy atom. The molecule has 1 fully saturated rings. The van der Waals surface area contributed by atoms with Crippen molar-refractivity contribution >= 4 is 5.78 Å². The molecule has 0 amide bonds. The van der Waals surface area contributed by atoms with E-state index in [9.17, 15) is 4.79 Å². The first kappa shape index (κ1) is 12.4. The largest absolute Gasteiger partial charge is 0.381 e. The molecule has 1 heterocycles. The summed E-state index contributed by atoms with van der Waals surface area (Å²) in [4.78, 5) is 11.4. The molecular weight excluding hydrogens is 188 g/mol. The molecule has 1 rings (SSSR count). The summed E-state index contributed by atoms with van der Waals surface area (Å²) >= 11 is 0. The van der Waals surface area contributed by atoms with Gasteiger partial charge in [-0.25, -0.2) is 0 Å². The highest BCUT2D eigenvalue weighted by Gasteiger charge is 2.15. The average molecular weight is 210 g/mol. The number of ketones is 1. The van der Waals surface area contributed by atoms with Gasteiger partial charge in [0.25, 0.3) is 0 Å². The number of ether oxygens (including phenoxy) is 1. The van der Waals surface area contributed by atoms with Gasteiger partial charge in [-0.1, -0.05) is 25.8 Å². The smallest absolute Gasteiger partial charge is 0.155 e. The summed E-state index contributed by atoms with van der Waals surface area (Å²) in [5, 5.41) is 0. The van der Waals surface area contributed by atoms with Crippen LogP contribution < -0.4 is 0 Å². The standard InChI is InChI=1S/C13H22O2/c1-3-4-5-6-13(11(2)14)9-12-7-8-15-10-12/h9,12H,3-8,10H2,1-2H3/b13-9+. The molecule has 0 spiro atoms. The molecule has 0 radical (unpaired) electrons. The lowest BCUT2D eigenvalue weighted by molar-refractivity contribution is -0.113. The van der Waals surface area contributed by atoms with Gasteiger partial charge in [0.15, 0.2) is 5.78 Å². The van der Waals surface area contributed by atoms with E-state index in [0.717, 1.165) is 38.0 Å². The molecule has 2 nitrogen and oxygen atoms in total. The molecule has 2 heteroatoms. The van der Waals surface area contributed by atoms with Crippen LogP contribution in [0.1, 0.15) is 46.0 Å². The van der Waals surface area contributed by atoms with Gasteiger partial charge in [-0.2, -0.15) is 0 Å². The summed E-state index contributed by atoms with van der Waals surface area (Å²) < 4.78 is 5.31. The predicted molar refractivity (Wildman–Crippen MR) is 61.8 cm³/mol. The van der Waals surface area contributed by atoms with Crippen LogP contribution in [0.5, 0.6) is 0 Å². The minimum absolute atomic E-state index is 0.234. The van der Waals surface area contributed by atoms with E-state index in [1.165, 1.54) is 12.8 Å². The number of rotatable bonds is 6. The molecule has 15 heavy (non-hydrogen) atoms. The van der Waals surface area contributed by atoms with Crippen LogP contribution in [0, 0.1) is 5.92 Å². The minimum atomic E-state index is 0.234. The summed E-state index contributed by atoms with van der Waals surface area (Å²) in [6.07, 6.45) is 7.72. The van der Waals surface area contributed by atoms with Gasteiger partial charge >= 0.3 is 0 Å². The number of hydrogen-bond donors (Lipinski definition) is 0. The molecule has 0 N–H and O–H groups in total. The third kappa shape index (κ3) is 4.61. The highest BCUT2D eigenvalue weighted by Crippen LogP contribution is 2.19. The molecule has 1 unspecified atom stereocenters. The zero-order valence-electron chi connectivity index (χ0n) is 9.92. The van der Waals surface area contributed by atoms with Crippen molar-refractivity contribution in [2.45, 2.75) is 46.0 Å². The van der Waals surface area contributed by atoms with Gasteiger partial charge in [0.1, 0.15) is 0 Å². The van der Waals surface area contributed by atoms with Crippen molar-refractivity contribution < 1.29 is 9.53 Å². The lowest BCUT2D eigenvalue weighted by Gasteiger charge is -2.06. The maximum Gasteiger partial charge on any atom is 0.155 e. The van der Waals surface area contributed by atoms with Crippen LogP contribution in [0.2, 0.25) is 0 Å². The average Bonchev–Trinajstić information content (AvgIpc) is 2.69. The van der Waals surface area contributed by atoms with Crippen molar-refractivity contribution in [3.05, 3.63) is 11.6 Å². The highest BCUT2D eigenvalue weighted by atomic mass is 16.5. The fourth-order valence-corrected chi connectivity index (χ4v) is 1.91. The minimum Gasteiger partial charge on any atom is -0.381 e. The van der Waals surface area contributed by atoms with Crippen molar-refractivity contribution in [3.63, 3.8) is 0 Å². The van der Waals surface area contributed by atoms with Gasteiger partial charge in [-0.15, -0.1) is 0 Å². The number of Topliss-reactive ketones (excluding diaryl/α,β-unsaturated/α-hetero) is 1. The number of carbonyl (C=O) groups is 1. The molecule has 0 bridgehead atoms. The van der Waals surface area contributed by atoms with Gasteiger partial charge in [0, 0.05) is 12.5 Å². The van der Waals surface area contributed by atoms with Crippen molar-refractivity contribution in [2.24, 2.45) is 5.92 Å². The second-order valence-electron chi connectivity index (χ2n) is 4.33. The summed E-state index contributed by atoms with van der Waals surface area (Å²) in [6, 6.07) is 0. The highest BCUT2D eigenvalue weighted by molar-refractivity contribution is 5.93. The van der Waals surface area contributed by atoms with E-state index in [2.05, 4.69) is 13.0 Å². The molecular formula is C13H22O2. The molecule has 1 atom stereocenters. The Balaban J connectivity index is 2.44. The van der Waals surface area contributed by atoms with E-state index < -0.39 is 0 Å². The molecule has 86 valence electrons. The Morgan fingerprint density at radius 1 is 1.47 bits per heavy atom. The SMILES string of the molecule is CCCCC/C(=C\C1CCOC1)C(C)=O. The van der Waals surface area contributed by atoms with E-state index >= 15 is 0 Å². The zero-order chi connectivity index (χ0) is 11.1. The van der Waals surface area contributed by atoms with Crippen molar-refractivity contribution in [1.82, 2.24) is 0 Å². The third-order valence-electron chi connectivity index (χ3n) is 2.90. The maximum atomic E-state index is 11.4. The Morgan fingerprint density at radius 3 is 2.80 bits per heavy atom. The normalized spacial score (nSPS) is 22.0. The second kappa shape index (κ2) is 6.78. The molecule has 0 aromatic carbocycles. The first-order valence-electron chi connectivity index (χ1n) is 6.03. The zero-order valence-corrected chi connectivity index (χ0v) is 9.92. The van der Waals surface area contributed by atoms with E-state index in [4.69, 9.17) is 4.74 Å². The first-order valence-corrected chi connectivity index (χ1v) is 6.03. The van der Waals surface area contributed by atoms with Crippen molar-refractivity contribution in [2.75, 3.05) is 13.2 Å². The van der Waals surface area contributed by atoms with E-state index in [1.807, 2.05) is 0 Å². The monoisotopic (exact) mass is 210 g/mol. The van der Waals surface area contributed by atoms with Crippen LogP contribution in [-0.2, 0) is 9.53 Å². The van der Waals surface area contributed by atoms with Gasteiger partial charge in [-0.05, 0) is 31.8 Å². The maximum absolute atomic E-state index is 11.4. The van der Waals surface area contributed by atoms with Gasteiger partial charge < -0.3 is 4.74 Å². The lowest BCUT2D eigenvalue weighted by Crippen LogP contribution is -2.02. The number of unbranched alkanes of at least 4 members (excludes halogenated alkanes) is 2. The van der Waals surface area contributed by atoms with Crippen LogP contribution in [0.3, 0.4) is 0 Å².